The predicted octanol–water partition coefficient (Wildman–Crippen LogP) is -0.343. The first-order valence-electron chi connectivity index (χ1n) is 7.49. The second-order valence-corrected chi connectivity index (χ2v) is 6.03. The molecule has 0 unspecified atom stereocenters. The SMILES string of the molecule is Cn1c(=O)[nH]c(=O)c2cc(C(=O)NCC3(O)CCCC3)cnc21. The van der Waals surface area contributed by atoms with E-state index < -0.39 is 22.8 Å². The number of rotatable bonds is 3. The Morgan fingerprint density at radius 3 is 2.83 bits per heavy atom. The van der Waals surface area contributed by atoms with Crippen LogP contribution in [0, 0.1) is 0 Å². The molecule has 0 spiro atoms. The molecule has 0 aromatic carbocycles. The molecule has 2 aromatic rings. The average Bonchev–Trinajstić information content (AvgIpc) is 2.97. The maximum Gasteiger partial charge on any atom is 0.329 e. The number of H-pyrrole nitrogens is 1. The minimum absolute atomic E-state index is 0.166. The fourth-order valence-corrected chi connectivity index (χ4v) is 2.92. The van der Waals surface area contributed by atoms with E-state index in [4.69, 9.17) is 0 Å². The van der Waals surface area contributed by atoms with Gasteiger partial charge in [-0.25, -0.2) is 9.78 Å². The number of carbonyl (C=O) groups is 1. The lowest BCUT2D eigenvalue weighted by Crippen LogP contribution is -2.40. The third-order valence-electron chi connectivity index (χ3n) is 4.33. The molecule has 2 aromatic heterocycles. The lowest BCUT2D eigenvalue weighted by molar-refractivity contribution is 0.0449. The highest BCUT2D eigenvalue weighted by Crippen LogP contribution is 2.28. The zero-order chi connectivity index (χ0) is 16.6. The first-order valence-corrected chi connectivity index (χ1v) is 7.49. The van der Waals surface area contributed by atoms with Gasteiger partial charge in [-0.2, -0.15) is 0 Å². The van der Waals surface area contributed by atoms with Gasteiger partial charge in [-0.1, -0.05) is 12.8 Å². The molecule has 3 rings (SSSR count). The Hall–Kier alpha value is -2.48. The minimum atomic E-state index is -0.846. The van der Waals surface area contributed by atoms with Crippen LogP contribution in [0.5, 0.6) is 0 Å². The molecular weight excluding hydrogens is 300 g/mol. The van der Waals surface area contributed by atoms with Gasteiger partial charge in [-0.05, 0) is 18.9 Å². The van der Waals surface area contributed by atoms with Crippen LogP contribution in [0.15, 0.2) is 21.9 Å². The standard InChI is InChI=1S/C15H18N4O4/c1-19-11-10(13(21)18-14(19)22)6-9(7-16-11)12(20)17-8-15(23)4-2-3-5-15/h6-7,23H,2-5,8H2,1H3,(H,17,20)(H,18,21,22). The minimum Gasteiger partial charge on any atom is -0.388 e. The molecule has 23 heavy (non-hydrogen) atoms. The van der Waals surface area contributed by atoms with E-state index in [9.17, 15) is 19.5 Å². The zero-order valence-corrected chi connectivity index (χ0v) is 12.8. The van der Waals surface area contributed by atoms with Gasteiger partial charge in [0, 0.05) is 19.8 Å². The molecule has 2 heterocycles. The first-order chi connectivity index (χ1) is 10.9. The van der Waals surface area contributed by atoms with E-state index in [2.05, 4.69) is 15.3 Å². The number of hydrogen-bond acceptors (Lipinski definition) is 5. The average molecular weight is 318 g/mol. The van der Waals surface area contributed by atoms with Crippen molar-refractivity contribution in [3.63, 3.8) is 0 Å². The third-order valence-corrected chi connectivity index (χ3v) is 4.33. The summed E-state index contributed by atoms with van der Waals surface area (Å²) < 4.78 is 1.21. The van der Waals surface area contributed by atoms with Crippen molar-refractivity contribution < 1.29 is 9.90 Å². The van der Waals surface area contributed by atoms with Crippen molar-refractivity contribution in [2.45, 2.75) is 31.3 Å². The van der Waals surface area contributed by atoms with Crippen LogP contribution in [0.2, 0.25) is 0 Å². The van der Waals surface area contributed by atoms with Crippen LogP contribution in [0.1, 0.15) is 36.0 Å². The number of amides is 1. The van der Waals surface area contributed by atoms with E-state index in [-0.39, 0.29) is 23.1 Å². The van der Waals surface area contributed by atoms with Crippen LogP contribution in [-0.4, -0.2) is 37.7 Å². The Labute approximate surface area is 131 Å². The van der Waals surface area contributed by atoms with E-state index >= 15 is 0 Å². The van der Waals surface area contributed by atoms with Gasteiger partial charge < -0.3 is 10.4 Å². The molecule has 0 aliphatic heterocycles. The largest absolute Gasteiger partial charge is 0.388 e. The van der Waals surface area contributed by atoms with Gasteiger partial charge in [-0.15, -0.1) is 0 Å². The monoisotopic (exact) mass is 318 g/mol. The van der Waals surface area contributed by atoms with E-state index in [0.29, 0.717) is 12.8 Å². The lowest BCUT2D eigenvalue weighted by atomic mass is 10.0. The molecule has 8 nitrogen and oxygen atoms in total. The van der Waals surface area contributed by atoms with E-state index in [1.165, 1.54) is 23.9 Å². The van der Waals surface area contributed by atoms with Crippen molar-refractivity contribution >= 4 is 16.9 Å². The summed E-state index contributed by atoms with van der Waals surface area (Å²) in [5, 5.41) is 13.1. The molecule has 1 amide bonds. The fourth-order valence-electron chi connectivity index (χ4n) is 2.92. The van der Waals surface area contributed by atoms with Crippen molar-refractivity contribution in [1.29, 1.82) is 0 Å². The zero-order valence-electron chi connectivity index (χ0n) is 12.8. The Kier molecular flexibility index (Phi) is 3.77. The van der Waals surface area contributed by atoms with Crippen LogP contribution >= 0.6 is 0 Å². The molecule has 8 heteroatoms. The summed E-state index contributed by atoms with van der Waals surface area (Å²) in [6.07, 6.45) is 4.56. The summed E-state index contributed by atoms with van der Waals surface area (Å²) in [5.74, 6) is -0.409. The molecule has 0 radical (unpaired) electrons. The third kappa shape index (κ3) is 2.89. The maximum atomic E-state index is 12.2. The molecule has 0 bridgehead atoms. The number of carbonyl (C=O) groups excluding carboxylic acids is 1. The summed E-state index contributed by atoms with van der Waals surface area (Å²) in [6, 6.07) is 1.40. The number of aryl methyl sites for hydroxylation is 1. The number of hydrogen-bond donors (Lipinski definition) is 3. The topological polar surface area (TPSA) is 117 Å². The van der Waals surface area contributed by atoms with Crippen molar-refractivity contribution in [2.24, 2.45) is 7.05 Å². The van der Waals surface area contributed by atoms with Crippen LogP contribution in [-0.2, 0) is 7.05 Å². The highest BCUT2D eigenvalue weighted by molar-refractivity contribution is 5.96. The Morgan fingerprint density at radius 1 is 1.43 bits per heavy atom. The summed E-state index contributed by atoms with van der Waals surface area (Å²) in [5.41, 5.74) is -1.57. The van der Waals surface area contributed by atoms with Crippen molar-refractivity contribution in [2.75, 3.05) is 6.54 Å². The van der Waals surface area contributed by atoms with Gasteiger partial charge in [0.25, 0.3) is 11.5 Å². The summed E-state index contributed by atoms with van der Waals surface area (Å²) >= 11 is 0. The van der Waals surface area contributed by atoms with Gasteiger partial charge in [0.1, 0.15) is 5.65 Å². The summed E-state index contributed by atoms with van der Waals surface area (Å²) in [4.78, 5) is 41.8. The van der Waals surface area contributed by atoms with Crippen LogP contribution < -0.4 is 16.6 Å². The summed E-state index contributed by atoms with van der Waals surface area (Å²) in [6.45, 7) is 0.174. The Balaban J connectivity index is 1.87. The number of nitrogens with one attached hydrogen (secondary N) is 2. The first kappa shape index (κ1) is 15.4. The van der Waals surface area contributed by atoms with Crippen LogP contribution in [0.25, 0.3) is 11.0 Å². The van der Waals surface area contributed by atoms with Gasteiger partial charge in [-0.3, -0.25) is 19.1 Å². The van der Waals surface area contributed by atoms with Crippen molar-refractivity contribution in [1.82, 2.24) is 19.9 Å². The van der Waals surface area contributed by atoms with Crippen LogP contribution in [0.4, 0.5) is 0 Å². The second kappa shape index (κ2) is 5.62. The van der Waals surface area contributed by atoms with E-state index in [1.807, 2.05) is 0 Å². The normalized spacial score (nSPS) is 16.6. The molecule has 0 saturated heterocycles. The maximum absolute atomic E-state index is 12.2. The molecule has 122 valence electrons. The highest BCUT2D eigenvalue weighted by atomic mass is 16.3. The molecule has 0 atom stereocenters. The number of pyridine rings is 1. The molecule has 1 aliphatic carbocycles. The highest BCUT2D eigenvalue weighted by Gasteiger charge is 2.31. The smallest absolute Gasteiger partial charge is 0.329 e. The Bertz CT molecular complexity index is 877. The summed E-state index contributed by atoms with van der Waals surface area (Å²) in [7, 11) is 1.49. The van der Waals surface area contributed by atoms with Gasteiger partial charge >= 0.3 is 5.69 Å². The van der Waals surface area contributed by atoms with E-state index in [1.54, 1.807) is 0 Å². The molecule has 1 fully saturated rings. The van der Waals surface area contributed by atoms with Crippen LogP contribution in [0.3, 0.4) is 0 Å². The Morgan fingerprint density at radius 2 is 2.13 bits per heavy atom. The predicted molar refractivity (Wildman–Crippen MR) is 83.4 cm³/mol. The number of nitrogens with zero attached hydrogens (tertiary/aromatic N) is 2. The van der Waals surface area contributed by atoms with Crippen molar-refractivity contribution in [3.05, 3.63) is 38.7 Å². The quantitative estimate of drug-likeness (QED) is 0.715. The van der Waals surface area contributed by atoms with Gasteiger partial charge in [0.15, 0.2) is 0 Å². The molecular formula is C15H18N4O4. The van der Waals surface area contributed by atoms with Crippen molar-refractivity contribution in [3.8, 4) is 0 Å². The van der Waals surface area contributed by atoms with Gasteiger partial charge in [0.2, 0.25) is 0 Å². The second-order valence-electron chi connectivity index (χ2n) is 6.03. The number of aliphatic hydroxyl groups is 1. The molecule has 1 aliphatic rings. The molecule has 1 saturated carbocycles. The number of aromatic nitrogens is 3. The fraction of sp³-hybridized carbons (Fsp3) is 0.467. The van der Waals surface area contributed by atoms with E-state index in [0.717, 1.165) is 12.8 Å². The molecule has 3 N–H and O–H groups in total. The lowest BCUT2D eigenvalue weighted by Gasteiger charge is -2.22. The van der Waals surface area contributed by atoms with Gasteiger partial charge in [0.05, 0.1) is 16.6 Å². The number of fused-ring (bicyclic) bond motifs is 1. The number of aromatic amines is 1.